The van der Waals surface area contributed by atoms with Crippen molar-refractivity contribution in [2.75, 3.05) is 12.4 Å². The van der Waals surface area contributed by atoms with Crippen LogP contribution in [0.25, 0.3) is 17.1 Å². The summed E-state index contributed by atoms with van der Waals surface area (Å²) in [6.07, 6.45) is 1.41. The van der Waals surface area contributed by atoms with Crippen molar-refractivity contribution in [1.82, 2.24) is 20.2 Å². The maximum absolute atomic E-state index is 12.4. The lowest BCUT2D eigenvalue weighted by Crippen LogP contribution is -2.20. The molecule has 1 amide bonds. The minimum atomic E-state index is -0.482. The highest BCUT2D eigenvalue weighted by molar-refractivity contribution is 7.99. The largest absolute Gasteiger partial charge is 0.494 e. The van der Waals surface area contributed by atoms with Crippen molar-refractivity contribution in [1.29, 1.82) is 0 Å². The molecule has 0 saturated carbocycles. The molecule has 12 heteroatoms. The van der Waals surface area contributed by atoms with Crippen LogP contribution in [0.3, 0.4) is 0 Å². The number of nitro benzene ring substituents is 1. The van der Waals surface area contributed by atoms with Crippen LogP contribution < -0.4 is 10.2 Å². The molecule has 0 fully saturated rings. The number of rotatable bonds is 10. The predicted molar refractivity (Wildman–Crippen MR) is 143 cm³/mol. The van der Waals surface area contributed by atoms with Gasteiger partial charge in [-0.15, -0.1) is 10.2 Å². The van der Waals surface area contributed by atoms with E-state index in [2.05, 4.69) is 20.7 Å². The van der Waals surface area contributed by atoms with Crippen LogP contribution in [0.1, 0.15) is 12.5 Å². The lowest BCUT2D eigenvalue weighted by molar-refractivity contribution is -0.384. The fraction of sp³-hybridized carbons (Fsp3) is 0.120. The highest BCUT2D eigenvalue weighted by Gasteiger charge is 2.17. The molecule has 0 bridgehead atoms. The first kappa shape index (κ1) is 25.9. The average Bonchev–Trinajstić information content (AvgIpc) is 3.33. The third-order valence-corrected chi connectivity index (χ3v) is 6.16. The zero-order valence-corrected chi connectivity index (χ0v) is 21.1. The molecule has 1 aromatic heterocycles. The number of thioether (sulfide) groups is 1. The number of ether oxygens (including phenoxy) is 1. The molecular weight excluding hydrogens is 516 g/mol. The van der Waals surface area contributed by atoms with Crippen LogP contribution in [-0.4, -0.2) is 44.2 Å². The number of carbonyl (C=O) groups is 1. The Morgan fingerprint density at radius 2 is 1.81 bits per heavy atom. The molecule has 0 radical (unpaired) electrons. The molecule has 0 unspecified atom stereocenters. The van der Waals surface area contributed by atoms with E-state index in [0.717, 1.165) is 17.0 Å². The first-order valence-electron chi connectivity index (χ1n) is 11.1. The van der Waals surface area contributed by atoms with Gasteiger partial charge in [0.2, 0.25) is 0 Å². The number of nitrogens with zero attached hydrogens (tertiary/aromatic N) is 5. The van der Waals surface area contributed by atoms with E-state index in [1.54, 1.807) is 24.3 Å². The van der Waals surface area contributed by atoms with Gasteiger partial charge in [0.1, 0.15) is 5.75 Å². The van der Waals surface area contributed by atoms with E-state index in [1.165, 1.54) is 30.1 Å². The number of carbonyl (C=O) groups excluding carboxylic acids is 1. The molecule has 0 saturated heterocycles. The van der Waals surface area contributed by atoms with E-state index in [4.69, 9.17) is 16.3 Å². The SMILES string of the molecule is CCOc1ccc(-n2c(SCC(=O)N/N=C/c3ccc([N+](=O)[O-])cc3)nnc2-c2ccc(Cl)cc2)cc1. The van der Waals surface area contributed by atoms with E-state index in [0.29, 0.717) is 28.2 Å². The van der Waals surface area contributed by atoms with Crippen LogP contribution in [-0.2, 0) is 4.79 Å². The van der Waals surface area contributed by atoms with Crippen molar-refractivity contribution < 1.29 is 14.5 Å². The Morgan fingerprint density at radius 1 is 1.11 bits per heavy atom. The van der Waals surface area contributed by atoms with E-state index in [1.807, 2.05) is 47.9 Å². The number of halogens is 1. The summed E-state index contributed by atoms with van der Waals surface area (Å²) >= 11 is 7.25. The number of aromatic nitrogens is 3. The van der Waals surface area contributed by atoms with Crippen molar-refractivity contribution in [2.24, 2.45) is 5.10 Å². The number of nitro groups is 1. The zero-order valence-electron chi connectivity index (χ0n) is 19.6. The Kier molecular flexibility index (Phi) is 8.49. The number of amides is 1. The molecule has 4 rings (SSSR count). The fourth-order valence-electron chi connectivity index (χ4n) is 3.26. The van der Waals surface area contributed by atoms with Crippen LogP contribution in [0.4, 0.5) is 5.69 Å². The van der Waals surface area contributed by atoms with Crippen molar-refractivity contribution in [2.45, 2.75) is 12.1 Å². The number of hydrogen-bond acceptors (Lipinski definition) is 8. The molecular formula is C25H21ClN6O4S. The van der Waals surface area contributed by atoms with Gasteiger partial charge in [-0.1, -0.05) is 23.4 Å². The third kappa shape index (κ3) is 6.72. The van der Waals surface area contributed by atoms with Gasteiger partial charge in [0.25, 0.3) is 11.6 Å². The molecule has 4 aromatic rings. The highest BCUT2D eigenvalue weighted by Crippen LogP contribution is 2.29. The molecule has 37 heavy (non-hydrogen) atoms. The number of non-ortho nitro benzene ring substituents is 1. The van der Waals surface area contributed by atoms with Gasteiger partial charge >= 0.3 is 0 Å². The molecule has 0 aliphatic rings. The second-order valence-corrected chi connectivity index (χ2v) is 8.88. The van der Waals surface area contributed by atoms with Gasteiger partial charge in [0.15, 0.2) is 11.0 Å². The first-order chi connectivity index (χ1) is 17.9. The van der Waals surface area contributed by atoms with Crippen molar-refractivity contribution in [3.63, 3.8) is 0 Å². The van der Waals surface area contributed by atoms with Gasteiger partial charge in [0.05, 0.1) is 23.5 Å². The minimum Gasteiger partial charge on any atom is -0.494 e. The van der Waals surface area contributed by atoms with Crippen LogP contribution in [0, 0.1) is 10.1 Å². The minimum absolute atomic E-state index is 0.0211. The predicted octanol–water partition coefficient (Wildman–Crippen LogP) is 5.14. The number of benzene rings is 3. The zero-order chi connectivity index (χ0) is 26.2. The molecule has 1 heterocycles. The number of nitrogens with one attached hydrogen (secondary N) is 1. The first-order valence-corrected chi connectivity index (χ1v) is 12.4. The Morgan fingerprint density at radius 3 is 2.46 bits per heavy atom. The summed E-state index contributed by atoms with van der Waals surface area (Å²) in [5.41, 5.74) is 4.66. The lowest BCUT2D eigenvalue weighted by atomic mass is 10.2. The van der Waals surface area contributed by atoms with Gasteiger partial charge in [0, 0.05) is 28.4 Å². The van der Waals surface area contributed by atoms with Gasteiger partial charge in [-0.05, 0) is 73.2 Å². The van der Waals surface area contributed by atoms with E-state index < -0.39 is 4.92 Å². The van der Waals surface area contributed by atoms with E-state index in [9.17, 15) is 14.9 Å². The molecule has 0 atom stereocenters. The number of hydrogen-bond donors (Lipinski definition) is 1. The lowest BCUT2D eigenvalue weighted by Gasteiger charge is -2.11. The Hall–Kier alpha value is -4.22. The van der Waals surface area contributed by atoms with Crippen molar-refractivity contribution in [3.05, 3.63) is 93.5 Å². The smallest absolute Gasteiger partial charge is 0.269 e. The second-order valence-electron chi connectivity index (χ2n) is 7.51. The van der Waals surface area contributed by atoms with Crippen molar-refractivity contribution >= 4 is 41.2 Å². The summed E-state index contributed by atoms with van der Waals surface area (Å²) in [6.45, 7) is 2.48. The van der Waals surface area contributed by atoms with E-state index in [-0.39, 0.29) is 17.3 Å². The standard InChI is InChI=1S/C25H21ClN6O4S/c1-2-36-22-13-11-20(12-14-22)31-24(18-5-7-19(26)8-6-18)29-30-25(31)37-16-23(33)28-27-15-17-3-9-21(10-4-17)32(34)35/h3-15H,2,16H2,1H3,(H,28,33)/b27-15+. The monoisotopic (exact) mass is 536 g/mol. The van der Waals surface area contributed by atoms with Crippen LogP contribution in [0.2, 0.25) is 5.02 Å². The summed E-state index contributed by atoms with van der Waals surface area (Å²) < 4.78 is 7.40. The van der Waals surface area contributed by atoms with Gasteiger partial charge in [-0.2, -0.15) is 5.10 Å². The summed E-state index contributed by atoms with van der Waals surface area (Å²) in [5.74, 6) is 1.03. The van der Waals surface area contributed by atoms with Crippen molar-refractivity contribution in [3.8, 4) is 22.8 Å². The topological polar surface area (TPSA) is 125 Å². The highest BCUT2D eigenvalue weighted by atomic mass is 35.5. The molecule has 0 spiro atoms. The van der Waals surface area contributed by atoms with Gasteiger partial charge < -0.3 is 4.74 Å². The van der Waals surface area contributed by atoms with Gasteiger partial charge in [-0.25, -0.2) is 5.43 Å². The molecule has 0 aliphatic heterocycles. The molecule has 188 valence electrons. The third-order valence-electron chi connectivity index (χ3n) is 4.98. The maximum atomic E-state index is 12.4. The molecule has 0 aliphatic carbocycles. The Balaban J connectivity index is 1.48. The number of hydrazone groups is 1. The van der Waals surface area contributed by atoms with Crippen LogP contribution in [0.5, 0.6) is 5.75 Å². The Labute approximate surface area is 221 Å². The van der Waals surface area contributed by atoms with Crippen LogP contribution >= 0.6 is 23.4 Å². The second kappa shape index (κ2) is 12.2. The summed E-state index contributed by atoms with van der Waals surface area (Å²) in [7, 11) is 0. The normalized spacial score (nSPS) is 11.0. The Bertz CT molecular complexity index is 1410. The molecule has 3 aromatic carbocycles. The molecule has 10 nitrogen and oxygen atoms in total. The average molecular weight is 537 g/mol. The summed E-state index contributed by atoms with van der Waals surface area (Å²) in [5, 5.41) is 24.5. The maximum Gasteiger partial charge on any atom is 0.269 e. The fourth-order valence-corrected chi connectivity index (χ4v) is 4.13. The van der Waals surface area contributed by atoms with Crippen LogP contribution in [0.15, 0.2) is 83.1 Å². The summed E-state index contributed by atoms with van der Waals surface area (Å²) in [6, 6.07) is 20.6. The molecule has 1 N–H and O–H groups in total. The van der Waals surface area contributed by atoms with E-state index >= 15 is 0 Å². The quantitative estimate of drug-likeness (QED) is 0.129. The van der Waals surface area contributed by atoms with Gasteiger partial charge in [-0.3, -0.25) is 19.5 Å². The summed E-state index contributed by atoms with van der Waals surface area (Å²) in [4.78, 5) is 22.7.